The lowest BCUT2D eigenvalue weighted by molar-refractivity contribution is -0.140. The minimum absolute atomic E-state index is 0.168. The predicted molar refractivity (Wildman–Crippen MR) is 204 cm³/mol. The summed E-state index contributed by atoms with van der Waals surface area (Å²) in [4.78, 5) is 53.7. The molecule has 3 aliphatic carbocycles. The van der Waals surface area contributed by atoms with Gasteiger partial charge in [-0.1, -0.05) is 26.0 Å². The highest BCUT2D eigenvalue weighted by Gasteiger charge is 2.62. The van der Waals surface area contributed by atoms with Crippen LogP contribution in [0.3, 0.4) is 0 Å². The van der Waals surface area contributed by atoms with Crippen molar-refractivity contribution in [2.75, 3.05) is 20.7 Å². The molecule has 3 amide bonds. The molecule has 1 aliphatic heterocycles. The molecule has 13 nitrogen and oxygen atoms in total. The molecule has 0 radical (unpaired) electrons. The number of benzene rings is 1. The van der Waals surface area contributed by atoms with Crippen LogP contribution in [0.4, 0.5) is 0 Å². The van der Waals surface area contributed by atoms with E-state index in [-0.39, 0.29) is 31.1 Å². The highest BCUT2D eigenvalue weighted by molar-refractivity contribution is 7.85. The first kappa shape index (κ1) is 38.2. The molecule has 0 unspecified atom stereocenters. The lowest BCUT2D eigenvalue weighted by atomic mass is 9.93. The van der Waals surface area contributed by atoms with Crippen molar-refractivity contribution in [3.63, 3.8) is 0 Å². The molecular weight excluding hydrogens is 731 g/mol. The molecule has 2 aromatic heterocycles. The van der Waals surface area contributed by atoms with E-state index in [0.717, 1.165) is 40.9 Å². The van der Waals surface area contributed by atoms with Gasteiger partial charge >= 0.3 is 10.3 Å². The number of carbonyl (C=O) groups excluding carboxylic acids is 3. The van der Waals surface area contributed by atoms with E-state index in [0.29, 0.717) is 42.1 Å². The number of amides is 3. The maximum Gasteiger partial charge on any atom is 0.362 e. The molecule has 290 valence electrons. The first-order valence-electron chi connectivity index (χ1n) is 18.7. The van der Waals surface area contributed by atoms with Gasteiger partial charge in [-0.15, -0.1) is 11.3 Å². The van der Waals surface area contributed by atoms with Crippen LogP contribution < -0.4 is 19.5 Å². The average Bonchev–Trinajstić information content (AvgIpc) is 3.84. The maximum absolute atomic E-state index is 14.3. The van der Waals surface area contributed by atoms with Gasteiger partial charge in [0.15, 0.2) is 0 Å². The highest BCUT2D eigenvalue weighted by Crippen LogP contribution is 2.48. The number of carbonyl (C=O) groups is 3. The zero-order valence-electron chi connectivity index (χ0n) is 31.6. The Bertz CT molecular complexity index is 2110. The molecule has 3 fully saturated rings. The third kappa shape index (κ3) is 7.72. The molecule has 5 atom stereocenters. The molecule has 3 aromatic rings. The minimum atomic E-state index is -4.42. The zero-order chi connectivity index (χ0) is 38.6. The fourth-order valence-corrected chi connectivity index (χ4v) is 9.70. The van der Waals surface area contributed by atoms with Crippen molar-refractivity contribution in [1.82, 2.24) is 24.9 Å². The lowest BCUT2D eigenvalue weighted by Crippen LogP contribution is -2.54. The number of hydrogen-bond donors (Lipinski definition) is 2. The van der Waals surface area contributed by atoms with Gasteiger partial charge in [0.2, 0.25) is 11.8 Å². The maximum atomic E-state index is 14.3. The molecule has 4 aliphatic rings. The second-order valence-electron chi connectivity index (χ2n) is 15.8. The number of nitrogens with zero attached hydrogens (tertiary/aromatic N) is 3. The lowest BCUT2D eigenvalue weighted by Gasteiger charge is -2.26. The first-order chi connectivity index (χ1) is 25.6. The number of pyridine rings is 1. The Morgan fingerprint density at radius 2 is 1.87 bits per heavy atom. The molecule has 0 bridgehead atoms. The zero-order valence-corrected chi connectivity index (χ0v) is 33.3. The fraction of sp³-hybridized carbons (Fsp3) is 0.564. The van der Waals surface area contributed by atoms with Crippen LogP contribution in [0.5, 0.6) is 11.5 Å². The van der Waals surface area contributed by atoms with E-state index < -0.39 is 57.1 Å². The Kier molecular flexibility index (Phi) is 10.3. The third-order valence-corrected chi connectivity index (χ3v) is 13.2. The summed E-state index contributed by atoms with van der Waals surface area (Å²) in [5.41, 5.74) is 0.824. The fourth-order valence-electron chi connectivity index (χ4n) is 7.62. The number of rotatable bonds is 9. The summed E-state index contributed by atoms with van der Waals surface area (Å²) in [5.74, 6) is -1.99. The van der Waals surface area contributed by atoms with Crippen molar-refractivity contribution in [1.29, 1.82) is 0 Å². The van der Waals surface area contributed by atoms with E-state index in [1.165, 1.54) is 11.3 Å². The van der Waals surface area contributed by atoms with E-state index >= 15 is 0 Å². The standard InChI is InChI=1S/C39H49N5O8S2/c1-22(2)30-21-53-35(41-30)29-19-32(26-12-13-31(50-6)23(3)33(26)40-29)51-25-17-27-28(18-25)36(46)44(5)16-10-8-7-9-11-24-20-39(24,42-34(27)45)37(47)43-54(48,49)52-38(4)14-15-38/h9,11-13,19,21-22,24-25,27-28H,7-8,10,14-18,20H2,1-6H3,(H,42,45)(H,43,47)/t24-,25+,27+,28+,39+/m0/s1. The smallest absolute Gasteiger partial charge is 0.362 e. The van der Waals surface area contributed by atoms with Crippen LogP contribution >= 0.6 is 11.3 Å². The Morgan fingerprint density at radius 1 is 1.11 bits per heavy atom. The van der Waals surface area contributed by atoms with Crippen molar-refractivity contribution in [3.05, 3.63) is 47.0 Å². The van der Waals surface area contributed by atoms with Gasteiger partial charge in [-0.05, 0) is 83.3 Å². The van der Waals surface area contributed by atoms with Gasteiger partial charge < -0.3 is 19.7 Å². The number of thiazole rings is 1. The van der Waals surface area contributed by atoms with Crippen molar-refractivity contribution < 1.29 is 36.5 Å². The van der Waals surface area contributed by atoms with Gasteiger partial charge in [-0.25, -0.2) is 18.9 Å². The van der Waals surface area contributed by atoms with E-state index in [9.17, 15) is 22.8 Å². The van der Waals surface area contributed by atoms with Gasteiger partial charge in [0.1, 0.15) is 33.8 Å². The van der Waals surface area contributed by atoms with Crippen LogP contribution in [0.2, 0.25) is 0 Å². The van der Waals surface area contributed by atoms with Gasteiger partial charge in [-0.3, -0.25) is 14.4 Å². The number of nitrogens with one attached hydrogen (secondary N) is 2. The number of aryl methyl sites for hydroxylation is 1. The topological polar surface area (TPSA) is 166 Å². The molecule has 2 N–H and O–H groups in total. The summed E-state index contributed by atoms with van der Waals surface area (Å²) in [5, 5.41) is 6.46. The highest BCUT2D eigenvalue weighted by atomic mass is 32.2. The molecule has 15 heteroatoms. The summed E-state index contributed by atoms with van der Waals surface area (Å²) in [6.45, 7) is 8.33. The van der Waals surface area contributed by atoms with Gasteiger partial charge in [0, 0.05) is 41.9 Å². The number of fused-ring (bicyclic) bond motifs is 3. The van der Waals surface area contributed by atoms with Crippen LogP contribution in [0, 0.1) is 24.7 Å². The SMILES string of the molecule is COc1ccc2c(O[C@@H]3C[C@H]4C(=O)N[C@]5(C(=O)NS(=O)(=O)OC6(C)CC6)C[C@@H]5C=CCCCCN(C)C(=O)[C@@H]4C3)cc(-c3nc(C(C)C)cs3)nc2c1C. The molecule has 3 saturated carbocycles. The molecule has 54 heavy (non-hydrogen) atoms. The van der Waals surface area contributed by atoms with E-state index in [2.05, 4.69) is 23.9 Å². The summed E-state index contributed by atoms with van der Waals surface area (Å²) in [7, 11) is -1.05. The molecule has 0 spiro atoms. The largest absolute Gasteiger partial charge is 0.496 e. The van der Waals surface area contributed by atoms with Crippen LogP contribution in [-0.4, -0.2) is 79.0 Å². The monoisotopic (exact) mass is 779 g/mol. The van der Waals surface area contributed by atoms with Crippen molar-refractivity contribution >= 4 is 50.3 Å². The quantitative estimate of drug-likeness (QED) is 0.262. The molecular formula is C39H49N5O8S2. The van der Waals surface area contributed by atoms with Crippen LogP contribution in [0.15, 0.2) is 35.7 Å². The van der Waals surface area contributed by atoms with Gasteiger partial charge in [-0.2, -0.15) is 8.42 Å². The molecule has 7 rings (SSSR count). The third-order valence-electron chi connectivity index (χ3n) is 11.3. The van der Waals surface area contributed by atoms with Gasteiger partial charge in [0.05, 0.1) is 35.8 Å². The van der Waals surface area contributed by atoms with Crippen molar-refractivity contribution in [2.45, 2.75) is 102 Å². The van der Waals surface area contributed by atoms with Crippen LogP contribution in [0.25, 0.3) is 21.6 Å². The predicted octanol–water partition coefficient (Wildman–Crippen LogP) is 5.58. The minimum Gasteiger partial charge on any atom is -0.496 e. The Labute approximate surface area is 320 Å². The number of ether oxygens (including phenoxy) is 2. The van der Waals surface area contributed by atoms with Crippen LogP contribution in [0.1, 0.15) is 89.3 Å². The first-order valence-corrected chi connectivity index (χ1v) is 21.0. The van der Waals surface area contributed by atoms with E-state index in [1.807, 2.05) is 42.7 Å². The Hall–Kier alpha value is -4.08. The number of allylic oxidation sites excluding steroid dienone is 1. The number of hydrogen-bond acceptors (Lipinski definition) is 11. The Balaban J connectivity index is 1.20. The number of aromatic nitrogens is 2. The second-order valence-corrected chi connectivity index (χ2v) is 18.0. The summed E-state index contributed by atoms with van der Waals surface area (Å²) in [6, 6.07) is 5.64. The van der Waals surface area contributed by atoms with Crippen molar-refractivity contribution in [2.24, 2.45) is 17.8 Å². The Morgan fingerprint density at radius 3 is 2.57 bits per heavy atom. The second kappa shape index (κ2) is 14.5. The summed E-state index contributed by atoms with van der Waals surface area (Å²) in [6.07, 6.45) is 7.46. The normalized spacial score (nSPS) is 26.8. The van der Waals surface area contributed by atoms with Crippen molar-refractivity contribution in [3.8, 4) is 22.2 Å². The van der Waals surface area contributed by atoms with Gasteiger partial charge in [0.25, 0.3) is 5.91 Å². The molecule has 1 aromatic carbocycles. The molecule has 3 heterocycles. The van der Waals surface area contributed by atoms with E-state index in [1.54, 1.807) is 26.0 Å². The number of methoxy groups -OCH3 is 1. The van der Waals surface area contributed by atoms with E-state index in [4.69, 9.17) is 23.6 Å². The summed E-state index contributed by atoms with van der Waals surface area (Å²) >= 11 is 1.51. The molecule has 0 saturated heterocycles. The average molecular weight is 780 g/mol. The summed E-state index contributed by atoms with van der Waals surface area (Å²) < 4.78 is 45.4. The van der Waals surface area contributed by atoms with Crippen LogP contribution in [-0.2, 0) is 28.9 Å².